The van der Waals surface area contributed by atoms with Crippen LogP contribution in [0.4, 0.5) is 0 Å². The van der Waals surface area contributed by atoms with Gasteiger partial charge in [-0.3, -0.25) is 4.79 Å². The first-order valence-electron chi connectivity index (χ1n) is 7.69. The monoisotopic (exact) mass is 253 g/mol. The number of hydrogen-bond donors (Lipinski definition) is 1. The Bertz CT molecular complexity index is 264. The fourth-order valence-electron chi connectivity index (χ4n) is 3.29. The molecule has 0 spiro atoms. The molecule has 1 saturated carbocycles. The van der Waals surface area contributed by atoms with E-state index in [0.29, 0.717) is 12.5 Å². The van der Waals surface area contributed by atoms with Gasteiger partial charge in [-0.25, -0.2) is 0 Å². The maximum Gasteiger partial charge on any atom is 0.326 e. The number of esters is 1. The summed E-state index contributed by atoms with van der Waals surface area (Å²) in [6, 6.07) is 0. The van der Waals surface area contributed by atoms with Gasteiger partial charge in [0.1, 0.15) is 5.54 Å². The van der Waals surface area contributed by atoms with Gasteiger partial charge in [-0.1, -0.05) is 32.6 Å². The second-order valence-corrected chi connectivity index (χ2v) is 5.92. The van der Waals surface area contributed by atoms with Gasteiger partial charge in [0.2, 0.25) is 0 Å². The SMILES string of the molecule is CCC1(C(=O)OCC2CCCCCC2)CCCN1. The van der Waals surface area contributed by atoms with Crippen molar-refractivity contribution in [2.24, 2.45) is 5.92 Å². The first-order valence-corrected chi connectivity index (χ1v) is 7.69. The summed E-state index contributed by atoms with van der Waals surface area (Å²) in [4.78, 5) is 12.2. The van der Waals surface area contributed by atoms with Crippen LogP contribution in [0.25, 0.3) is 0 Å². The topological polar surface area (TPSA) is 38.3 Å². The fraction of sp³-hybridized carbons (Fsp3) is 0.933. The summed E-state index contributed by atoms with van der Waals surface area (Å²) < 4.78 is 5.61. The Morgan fingerprint density at radius 1 is 1.22 bits per heavy atom. The zero-order valence-electron chi connectivity index (χ0n) is 11.7. The fourth-order valence-corrected chi connectivity index (χ4v) is 3.29. The average Bonchev–Trinajstić information content (AvgIpc) is 2.74. The summed E-state index contributed by atoms with van der Waals surface area (Å²) in [7, 11) is 0. The van der Waals surface area contributed by atoms with Gasteiger partial charge in [0.25, 0.3) is 0 Å². The van der Waals surface area contributed by atoms with Crippen molar-refractivity contribution in [1.29, 1.82) is 0 Å². The van der Waals surface area contributed by atoms with Gasteiger partial charge >= 0.3 is 5.97 Å². The third-order valence-electron chi connectivity index (χ3n) is 4.66. The molecule has 0 aromatic carbocycles. The Labute approximate surface area is 111 Å². The minimum Gasteiger partial charge on any atom is -0.464 e. The van der Waals surface area contributed by atoms with Crippen LogP contribution in [-0.2, 0) is 9.53 Å². The molecular formula is C15H27NO2. The molecule has 1 atom stereocenters. The zero-order chi connectivity index (χ0) is 12.8. The van der Waals surface area contributed by atoms with E-state index in [2.05, 4.69) is 12.2 Å². The molecule has 2 fully saturated rings. The number of rotatable bonds is 4. The first-order chi connectivity index (χ1) is 8.77. The summed E-state index contributed by atoms with van der Waals surface area (Å²) in [5.41, 5.74) is -0.370. The second-order valence-electron chi connectivity index (χ2n) is 5.92. The van der Waals surface area contributed by atoms with Crippen LogP contribution in [0.1, 0.15) is 64.7 Å². The summed E-state index contributed by atoms with van der Waals surface area (Å²) in [6.45, 7) is 3.67. The van der Waals surface area contributed by atoms with Gasteiger partial charge in [-0.15, -0.1) is 0 Å². The maximum atomic E-state index is 12.2. The Hall–Kier alpha value is -0.570. The molecular weight excluding hydrogens is 226 g/mol. The largest absolute Gasteiger partial charge is 0.464 e. The smallest absolute Gasteiger partial charge is 0.326 e. The molecule has 1 unspecified atom stereocenters. The van der Waals surface area contributed by atoms with Crippen molar-refractivity contribution in [2.45, 2.75) is 70.3 Å². The molecule has 1 aliphatic heterocycles. The lowest BCUT2D eigenvalue weighted by molar-refractivity contribution is -0.152. The number of carbonyl (C=O) groups excluding carboxylic acids is 1. The van der Waals surface area contributed by atoms with Crippen LogP contribution in [0.5, 0.6) is 0 Å². The molecule has 0 aromatic rings. The highest BCUT2D eigenvalue weighted by atomic mass is 16.5. The van der Waals surface area contributed by atoms with Crippen molar-refractivity contribution < 1.29 is 9.53 Å². The van der Waals surface area contributed by atoms with E-state index in [-0.39, 0.29) is 11.5 Å². The molecule has 18 heavy (non-hydrogen) atoms. The van der Waals surface area contributed by atoms with E-state index in [1.54, 1.807) is 0 Å². The molecule has 104 valence electrons. The lowest BCUT2D eigenvalue weighted by atomic mass is 9.94. The van der Waals surface area contributed by atoms with Crippen molar-refractivity contribution in [2.75, 3.05) is 13.2 Å². The van der Waals surface area contributed by atoms with E-state index < -0.39 is 0 Å². The third-order valence-corrected chi connectivity index (χ3v) is 4.66. The lowest BCUT2D eigenvalue weighted by Crippen LogP contribution is -2.48. The van der Waals surface area contributed by atoms with Crippen molar-refractivity contribution in [3.63, 3.8) is 0 Å². The second kappa shape index (κ2) is 6.55. The van der Waals surface area contributed by atoms with Crippen LogP contribution >= 0.6 is 0 Å². The van der Waals surface area contributed by atoms with Gasteiger partial charge in [0.05, 0.1) is 6.61 Å². The Morgan fingerprint density at radius 2 is 1.94 bits per heavy atom. The van der Waals surface area contributed by atoms with Crippen LogP contribution in [0, 0.1) is 5.92 Å². The normalized spacial score (nSPS) is 30.1. The first kappa shape index (κ1) is 13.9. The molecule has 0 radical (unpaired) electrons. The minimum atomic E-state index is -0.370. The van der Waals surface area contributed by atoms with Crippen LogP contribution in [0.15, 0.2) is 0 Å². The molecule has 0 aromatic heterocycles. The van der Waals surface area contributed by atoms with Gasteiger partial charge in [0, 0.05) is 0 Å². The molecule has 1 saturated heterocycles. The van der Waals surface area contributed by atoms with Crippen molar-refractivity contribution >= 4 is 5.97 Å². The highest BCUT2D eigenvalue weighted by Crippen LogP contribution is 2.27. The van der Waals surface area contributed by atoms with Gasteiger partial charge in [-0.05, 0) is 44.6 Å². The van der Waals surface area contributed by atoms with E-state index in [9.17, 15) is 4.79 Å². The molecule has 0 bridgehead atoms. The standard InChI is InChI=1S/C15H27NO2/c1-2-15(10-7-11-16-15)14(17)18-12-13-8-5-3-4-6-9-13/h13,16H,2-12H2,1H3. The predicted molar refractivity (Wildman–Crippen MR) is 72.4 cm³/mol. The van der Waals surface area contributed by atoms with Gasteiger partial charge < -0.3 is 10.1 Å². The quantitative estimate of drug-likeness (QED) is 0.618. The number of ether oxygens (including phenoxy) is 1. The van der Waals surface area contributed by atoms with E-state index in [0.717, 1.165) is 25.8 Å². The highest BCUT2D eigenvalue weighted by molar-refractivity contribution is 5.81. The molecule has 0 amide bonds. The zero-order valence-corrected chi connectivity index (χ0v) is 11.7. The Morgan fingerprint density at radius 3 is 2.50 bits per heavy atom. The number of hydrogen-bond acceptors (Lipinski definition) is 3. The average molecular weight is 253 g/mol. The Kier molecular flexibility index (Phi) is 5.04. The summed E-state index contributed by atoms with van der Waals surface area (Å²) in [5, 5.41) is 3.35. The molecule has 1 N–H and O–H groups in total. The van der Waals surface area contributed by atoms with Crippen LogP contribution in [-0.4, -0.2) is 24.7 Å². The van der Waals surface area contributed by atoms with E-state index in [4.69, 9.17) is 4.74 Å². The number of carbonyl (C=O) groups is 1. The molecule has 2 rings (SSSR count). The summed E-state index contributed by atoms with van der Waals surface area (Å²) >= 11 is 0. The van der Waals surface area contributed by atoms with Crippen molar-refractivity contribution in [3.8, 4) is 0 Å². The molecule has 2 aliphatic rings. The molecule has 1 aliphatic carbocycles. The maximum absolute atomic E-state index is 12.2. The predicted octanol–water partition coefficient (Wildman–Crippen LogP) is 3.03. The molecule has 1 heterocycles. The summed E-state index contributed by atoms with van der Waals surface area (Å²) in [6.07, 6.45) is 10.7. The van der Waals surface area contributed by atoms with Crippen molar-refractivity contribution in [1.82, 2.24) is 5.32 Å². The summed E-state index contributed by atoms with van der Waals surface area (Å²) in [5.74, 6) is 0.596. The number of nitrogens with one attached hydrogen (secondary N) is 1. The van der Waals surface area contributed by atoms with Gasteiger partial charge in [-0.2, -0.15) is 0 Å². The van der Waals surface area contributed by atoms with Gasteiger partial charge in [0.15, 0.2) is 0 Å². The molecule has 3 nitrogen and oxygen atoms in total. The van der Waals surface area contributed by atoms with Crippen LogP contribution in [0.3, 0.4) is 0 Å². The van der Waals surface area contributed by atoms with Crippen molar-refractivity contribution in [3.05, 3.63) is 0 Å². The van der Waals surface area contributed by atoms with Crippen LogP contribution in [0.2, 0.25) is 0 Å². The minimum absolute atomic E-state index is 0.00764. The Balaban J connectivity index is 1.79. The van der Waals surface area contributed by atoms with E-state index in [1.807, 2.05) is 0 Å². The highest BCUT2D eigenvalue weighted by Gasteiger charge is 2.40. The van der Waals surface area contributed by atoms with E-state index >= 15 is 0 Å². The lowest BCUT2D eigenvalue weighted by Gasteiger charge is -2.26. The third kappa shape index (κ3) is 3.25. The van der Waals surface area contributed by atoms with Crippen LogP contribution < -0.4 is 5.32 Å². The molecule has 3 heteroatoms. The van der Waals surface area contributed by atoms with E-state index in [1.165, 1.54) is 38.5 Å².